The molecule has 53 heavy (non-hydrogen) atoms. The number of carbonyl (C=O) groups is 2. The van der Waals surface area contributed by atoms with Crippen molar-refractivity contribution in [1.82, 2.24) is 9.62 Å². The summed E-state index contributed by atoms with van der Waals surface area (Å²) in [5, 5.41) is 0. The minimum Gasteiger partial charge on any atom is -0.467 e. The first-order valence-electron chi connectivity index (χ1n) is 16.2. The van der Waals surface area contributed by atoms with Gasteiger partial charge in [-0.05, 0) is 64.2 Å². The number of ether oxygens (including phenoxy) is 1. The zero-order valence-corrected chi connectivity index (χ0v) is 30.2. The van der Waals surface area contributed by atoms with Gasteiger partial charge in [-0.1, -0.05) is 91.0 Å². The number of hydrogen-bond donors (Lipinski definition) is 1. The Hall–Kier alpha value is -5.31. The minimum absolute atomic E-state index is 0.000776. The number of esters is 1. The average molecular weight is 765 g/mol. The number of nitrogens with one attached hydrogen (secondary N) is 1. The molecule has 0 saturated carbocycles. The van der Waals surface area contributed by atoms with Crippen LogP contribution in [0.3, 0.4) is 0 Å². The average Bonchev–Trinajstić information content (AvgIpc) is 3.15. The van der Waals surface area contributed by atoms with Gasteiger partial charge in [0.2, 0.25) is 10.0 Å². The van der Waals surface area contributed by atoms with E-state index in [9.17, 15) is 39.6 Å². The number of benzene rings is 5. The molecule has 5 aromatic carbocycles. The Labute approximate surface area is 306 Å². The number of alkyl halides is 3. The van der Waals surface area contributed by atoms with Crippen LogP contribution < -0.4 is 4.72 Å². The van der Waals surface area contributed by atoms with Gasteiger partial charge in [0.05, 0.1) is 17.6 Å². The van der Waals surface area contributed by atoms with Crippen molar-refractivity contribution in [1.29, 1.82) is 0 Å². The van der Waals surface area contributed by atoms with Gasteiger partial charge in [-0.2, -0.15) is 13.2 Å². The van der Waals surface area contributed by atoms with Gasteiger partial charge in [0.25, 0.3) is 5.91 Å². The first kappa shape index (κ1) is 38.9. The molecular formula is C39H35F3N2O7S2. The number of halogens is 3. The van der Waals surface area contributed by atoms with E-state index in [0.717, 1.165) is 35.6 Å². The highest BCUT2D eigenvalue weighted by atomic mass is 32.2. The lowest BCUT2D eigenvalue weighted by Crippen LogP contribution is -2.49. The fourth-order valence-electron chi connectivity index (χ4n) is 5.72. The maximum absolute atomic E-state index is 14.2. The molecule has 0 saturated heterocycles. The van der Waals surface area contributed by atoms with Gasteiger partial charge in [-0.3, -0.25) is 4.79 Å². The quantitative estimate of drug-likeness (QED) is 0.133. The van der Waals surface area contributed by atoms with Crippen LogP contribution in [0.15, 0.2) is 137 Å². The first-order valence-corrected chi connectivity index (χ1v) is 19.6. The summed E-state index contributed by atoms with van der Waals surface area (Å²) in [6.07, 6.45) is -3.61. The van der Waals surface area contributed by atoms with E-state index in [1.807, 2.05) is 54.6 Å². The maximum atomic E-state index is 14.2. The summed E-state index contributed by atoms with van der Waals surface area (Å²) < 4.78 is 98.0. The van der Waals surface area contributed by atoms with Gasteiger partial charge in [-0.25, -0.2) is 26.4 Å². The van der Waals surface area contributed by atoms with Crippen LogP contribution in [0.1, 0.15) is 21.5 Å². The van der Waals surface area contributed by atoms with Crippen molar-refractivity contribution in [2.24, 2.45) is 0 Å². The summed E-state index contributed by atoms with van der Waals surface area (Å²) in [6, 6.07) is 31.4. The van der Waals surface area contributed by atoms with Crippen LogP contribution in [0.25, 0.3) is 22.3 Å². The zero-order valence-electron chi connectivity index (χ0n) is 28.6. The molecular weight excluding hydrogens is 730 g/mol. The second kappa shape index (κ2) is 16.1. The van der Waals surface area contributed by atoms with E-state index in [1.54, 1.807) is 12.1 Å². The van der Waals surface area contributed by atoms with Crippen molar-refractivity contribution < 1.29 is 44.3 Å². The lowest BCUT2D eigenvalue weighted by Gasteiger charge is -2.30. The van der Waals surface area contributed by atoms with E-state index in [0.29, 0.717) is 16.7 Å². The predicted octanol–water partition coefficient (Wildman–Crippen LogP) is 6.65. The second-order valence-corrected chi connectivity index (χ2v) is 15.8. The number of sulfone groups is 1. The van der Waals surface area contributed by atoms with Gasteiger partial charge in [0, 0.05) is 31.3 Å². The third-order valence-corrected chi connectivity index (χ3v) is 11.3. The van der Waals surface area contributed by atoms with Gasteiger partial charge in [0.1, 0.15) is 10.9 Å². The summed E-state index contributed by atoms with van der Waals surface area (Å²) in [5.41, 5.74) is 2.89. The molecule has 0 radical (unpaired) electrons. The fraction of sp³-hybridized carbons (Fsp3) is 0.179. The molecule has 1 amide bonds. The Kier molecular flexibility index (Phi) is 11.9. The number of hydrogen-bond acceptors (Lipinski definition) is 7. The number of carbonyl (C=O) groups excluding carboxylic acids is 2. The van der Waals surface area contributed by atoms with E-state index >= 15 is 0 Å². The van der Waals surface area contributed by atoms with Crippen molar-refractivity contribution >= 4 is 31.7 Å². The van der Waals surface area contributed by atoms with Crippen molar-refractivity contribution in [2.75, 3.05) is 26.5 Å². The smallest absolute Gasteiger partial charge is 0.416 e. The number of methoxy groups -OCH3 is 1. The van der Waals surface area contributed by atoms with Crippen LogP contribution in [0.4, 0.5) is 13.2 Å². The topological polar surface area (TPSA) is 127 Å². The van der Waals surface area contributed by atoms with Gasteiger partial charge >= 0.3 is 12.1 Å². The van der Waals surface area contributed by atoms with Crippen LogP contribution in [-0.4, -0.2) is 66.1 Å². The SMILES string of the molecule is COC(=O)C(Cc1ccc(-c2ccccc2)cc1)N(CCNS(=O)(=O)c1ccccc1S(C)(=O)=O)C(=O)c1ccc(-c2ccc(C(F)(F)F)cc2)cc1. The predicted molar refractivity (Wildman–Crippen MR) is 194 cm³/mol. The number of sulfonamides is 1. The monoisotopic (exact) mass is 764 g/mol. The van der Waals surface area contributed by atoms with E-state index < -0.39 is 65.9 Å². The van der Waals surface area contributed by atoms with Crippen LogP contribution in [0, 0.1) is 0 Å². The summed E-state index contributed by atoms with van der Waals surface area (Å²) in [6.45, 7) is -0.738. The molecule has 1 atom stereocenters. The fourth-order valence-corrected chi connectivity index (χ4v) is 8.37. The lowest BCUT2D eigenvalue weighted by molar-refractivity contribution is -0.146. The van der Waals surface area contributed by atoms with E-state index in [2.05, 4.69) is 4.72 Å². The second-order valence-electron chi connectivity index (χ2n) is 12.1. The summed E-state index contributed by atoms with van der Waals surface area (Å²) >= 11 is 0. The van der Waals surface area contributed by atoms with E-state index in [4.69, 9.17) is 4.74 Å². The molecule has 0 aliphatic heterocycles. The molecule has 14 heteroatoms. The normalized spacial score (nSPS) is 12.5. The third kappa shape index (κ3) is 9.57. The van der Waals surface area contributed by atoms with Crippen LogP contribution in [0.2, 0.25) is 0 Å². The highest BCUT2D eigenvalue weighted by Crippen LogP contribution is 2.31. The Morgan fingerprint density at radius 3 is 1.72 bits per heavy atom. The molecule has 0 aliphatic rings. The summed E-state index contributed by atoms with van der Waals surface area (Å²) in [5.74, 6) is -1.42. The number of amides is 1. The summed E-state index contributed by atoms with van der Waals surface area (Å²) in [7, 11) is -7.16. The largest absolute Gasteiger partial charge is 0.467 e. The lowest BCUT2D eigenvalue weighted by atomic mass is 9.99. The van der Waals surface area contributed by atoms with Crippen molar-refractivity contribution in [3.8, 4) is 22.3 Å². The Bertz CT molecular complexity index is 2280. The molecule has 9 nitrogen and oxygen atoms in total. The molecule has 5 rings (SSSR count). The molecule has 0 heterocycles. The zero-order chi connectivity index (χ0) is 38.4. The van der Waals surface area contributed by atoms with Crippen LogP contribution in [-0.2, 0) is 42.0 Å². The minimum atomic E-state index is -4.50. The molecule has 0 aliphatic carbocycles. The number of nitrogens with zero attached hydrogens (tertiary/aromatic N) is 1. The van der Waals surface area contributed by atoms with Gasteiger partial charge in [0.15, 0.2) is 9.84 Å². The maximum Gasteiger partial charge on any atom is 0.416 e. The molecule has 0 spiro atoms. The van der Waals surface area contributed by atoms with Gasteiger partial charge in [-0.15, -0.1) is 0 Å². The Morgan fingerprint density at radius 1 is 0.698 bits per heavy atom. The highest BCUT2D eigenvalue weighted by molar-refractivity contribution is 7.93. The van der Waals surface area contributed by atoms with Crippen LogP contribution >= 0.6 is 0 Å². The molecule has 1 N–H and O–H groups in total. The van der Waals surface area contributed by atoms with Crippen LogP contribution in [0.5, 0.6) is 0 Å². The molecule has 1 unspecified atom stereocenters. The number of rotatable bonds is 13. The van der Waals surface area contributed by atoms with Crippen molar-refractivity contribution in [3.63, 3.8) is 0 Å². The van der Waals surface area contributed by atoms with Crippen molar-refractivity contribution in [3.05, 3.63) is 144 Å². The first-order chi connectivity index (χ1) is 25.1. The van der Waals surface area contributed by atoms with E-state index in [-0.39, 0.29) is 18.5 Å². The summed E-state index contributed by atoms with van der Waals surface area (Å²) in [4.78, 5) is 27.8. The van der Waals surface area contributed by atoms with Crippen molar-refractivity contribution in [2.45, 2.75) is 28.4 Å². The molecule has 0 bridgehead atoms. The Balaban J connectivity index is 1.45. The third-order valence-electron chi connectivity index (χ3n) is 8.46. The molecule has 5 aromatic rings. The Morgan fingerprint density at radius 2 is 1.19 bits per heavy atom. The van der Waals surface area contributed by atoms with Gasteiger partial charge < -0.3 is 9.64 Å². The molecule has 276 valence electrons. The highest BCUT2D eigenvalue weighted by Gasteiger charge is 2.33. The van der Waals surface area contributed by atoms with E-state index in [1.165, 1.54) is 54.5 Å². The molecule has 0 aromatic heterocycles. The standard InChI is InChI=1S/C39H35F3N2O7S2/c1-51-38(46)34(26-27-12-14-29(15-13-27)28-8-4-3-5-9-28)44(25-24-43-53(49,50)36-11-7-6-10-35(36)52(2,47)48)37(45)32-18-16-30(17-19-32)31-20-22-33(23-21-31)39(40,41)42/h3-23,34,43H,24-26H2,1-2H3. The molecule has 0 fully saturated rings.